The number of pyridine rings is 2. The van der Waals surface area contributed by atoms with Crippen LogP contribution in [0.3, 0.4) is 0 Å². The van der Waals surface area contributed by atoms with Crippen molar-refractivity contribution in [3.05, 3.63) is 72.6 Å². The lowest BCUT2D eigenvalue weighted by Crippen LogP contribution is -2.35. The van der Waals surface area contributed by atoms with Gasteiger partial charge in [0.2, 0.25) is 5.71 Å². The number of aromatic nitrogens is 2. The highest BCUT2D eigenvalue weighted by molar-refractivity contribution is 6.40. The van der Waals surface area contributed by atoms with E-state index in [0.717, 1.165) is 56.8 Å². The minimum atomic E-state index is -0.833. The summed E-state index contributed by atoms with van der Waals surface area (Å²) < 4.78 is 6.11. The first-order chi connectivity index (χ1) is 15.1. The molecule has 1 saturated carbocycles. The fourth-order valence-electron chi connectivity index (χ4n) is 5.06. The molecule has 0 N–H and O–H groups in total. The van der Waals surface area contributed by atoms with Crippen LogP contribution in [0.15, 0.2) is 71.4 Å². The first-order valence-electron chi connectivity index (χ1n) is 10.9. The monoisotopic (exact) mass is 398 g/mol. The molecule has 1 aliphatic rings. The fraction of sp³-hybridized carbons (Fsp3) is 0.231. The van der Waals surface area contributed by atoms with Crippen LogP contribution in [0, 0.1) is 5.92 Å². The van der Waals surface area contributed by atoms with Crippen molar-refractivity contribution in [3.63, 3.8) is 0 Å². The summed E-state index contributed by atoms with van der Waals surface area (Å²) in [6, 6.07) is 18.4. The van der Waals surface area contributed by atoms with Crippen LogP contribution in [0.25, 0.3) is 44.1 Å². The lowest BCUT2D eigenvalue weighted by atomic mass is 9.45. The van der Waals surface area contributed by atoms with Gasteiger partial charge in [-0.2, -0.15) is 0 Å². The molecule has 0 bridgehead atoms. The van der Waals surface area contributed by atoms with Gasteiger partial charge in [-0.1, -0.05) is 66.8 Å². The molecule has 31 heavy (non-hydrogen) atoms. The second-order valence-corrected chi connectivity index (χ2v) is 8.68. The maximum atomic E-state index is 6.61. The second kappa shape index (κ2) is 6.98. The number of rotatable bonds is 3. The summed E-state index contributed by atoms with van der Waals surface area (Å²) in [6.45, 7) is 0. The molecule has 3 heterocycles. The number of nitrogens with zero attached hydrogens (tertiary/aromatic N) is 2. The van der Waals surface area contributed by atoms with E-state index in [1.807, 2.05) is 36.5 Å². The Morgan fingerprint density at radius 1 is 0.903 bits per heavy atom. The van der Waals surface area contributed by atoms with Crippen molar-refractivity contribution in [3.8, 4) is 11.3 Å². The van der Waals surface area contributed by atoms with Gasteiger partial charge in [-0.15, -0.1) is 0 Å². The van der Waals surface area contributed by atoms with Crippen LogP contribution in [-0.4, -0.2) is 25.7 Å². The zero-order valence-corrected chi connectivity index (χ0v) is 17.2. The highest BCUT2D eigenvalue weighted by Gasteiger charge is 2.32. The third-order valence-corrected chi connectivity index (χ3v) is 6.81. The Kier molecular flexibility index (Phi) is 4.21. The van der Waals surface area contributed by atoms with E-state index in [2.05, 4.69) is 34.2 Å². The summed E-state index contributed by atoms with van der Waals surface area (Å²) in [5.74, 6) is 0.306. The summed E-state index contributed by atoms with van der Waals surface area (Å²) in [6.07, 6.45) is 8.21. The van der Waals surface area contributed by atoms with Crippen LogP contribution in [0.1, 0.15) is 31.2 Å². The van der Waals surface area contributed by atoms with E-state index in [0.29, 0.717) is 11.6 Å². The molecule has 0 atom stereocenters. The van der Waals surface area contributed by atoms with Crippen LogP contribution in [0.2, 0.25) is 0 Å². The SMILES string of the molecule is [B]C([B])(c1ccnc(-c2ccc3c(c2)oc2ncc4ccccc4c23)c1)C1CCCC1. The summed E-state index contributed by atoms with van der Waals surface area (Å²) in [5.41, 5.74) is 4.19. The van der Waals surface area contributed by atoms with Gasteiger partial charge in [-0.3, -0.25) is 4.98 Å². The largest absolute Gasteiger partial charge is 0.438 e. The Labute approximate surface area is 183 Å². The number of fused-ring (bicyclic) bond motifs is 5. The highest BCUT2D eigenvalue weighted by atomic mass is 16.3. The van der Waals surface area contributed by atoms with Crippen LogP contribution in [-0.2, 0) is 5.21 Å². The van der Waals surface area contributed by atoms with E-state index in [1.54, 1.807) is 6.20 Å². The molecule has 0 unspecified atom stereocenters. The summed E-state index contributed by atoms with van der Waals surface area (Å²) in [7, 11) is 13.2. The topological polar surface area (TPSA) is 38.9 Å². The Morgan fingerprint density at radius 2 is 1.74 bits per heavy atom. The molecule has 3 nitrogen and oxygen atoms in total. The summed E-state index contributed by atoms with van der Waals surface area (Å²) in [5, 5.41) is 3.51. The predicted molar refractivity (Wildman–Crippen MR) is 127 cm³/mol. The minimum Gasteiger partial charge on any atom is -0.438 e. The lowest BCUT2D eigenvalue weighted by Gasteiger charge is -2.33. The normalized spacial score (nSPS) is 15.4. The van der Waals surface area contributed by atoms with E-state index in [1.165, 1.54) is 12.8 Å². The molecular formula is C26H20B2N2O. The van der Waals surface area contributed by atoms with Crippen LogP contribution >= 0.6 is 0 Å². The van der Waals surface area contributed by atoms with E-state index in [9.17, 15) is 0 Å². The number of benzene rings is 2. The molecule has 3 aromatic heterocycles. The molecule has 1 fully saturated rings. The fourth-order valence-corrected chi connectivity index (χ4v) is 5.06. The molecule has 5 heteroatoms. The van der Waals surface area contributed by atoms with E-state index in [4.69, 9.17) is 20.1 Å². The van der Waals surface area contributed by atoms with Crippen LogP contribution in [0.5, 0.6) is 0 Å². The molecule has 0 saturated heterocycles. The van der Waals surface area contributed by atoms with Crippen molar-refractivity contribution in [2.75, 3.05) is 0 Å². The van der Waals surface area contributed by atoms with Crippen molar-refractivity contribution >= 4 is 48.5 Å². The number of furan rings is 1. The summed E-state index contributed by atoms with van der Waals surface area (Å²) >= 11 is 0. The number of hydrogen-bond acceptors (Lipinski definition) is 3. The van der Waals surface area contributed by atoms with Gasteiger partial charge in [-0.25, -0.2) is 4.98 Å². The minimum absolute atomic E-state index is 0.306. The molecule has 4 radical (unpaired) electrons. The van der Waals surface area contributed by atoms with Gasteiger partial charge >= 0.3 is 0 Å². The van der Waals surface area contributed by atoms with Gasteiger partial charge in [0, 0.05) is 28.7 Å². The molecule has 0 amide bonds. The first-order valence-corrected chi connectivity index (χ1v) is 10.9. The smallest absolute Gasteiger partial charge is 0.227 e. The van der Waals surface area contributed by atoms with Gasteiger partial charge < -0.3 is 4.42 Å². The van der Waals surface area contributed by atoms with Gasteiger partial charge in [-0.05, 0) is 35.6 Å². The number of hydrogen-bond donors (Lipinski definition) is 0. The van der Waals surface area contributed by atoms with Crippen LogP contribution < -0.4 is 0 Å². The summed E-state index contributed by atoms with van der Waals surface area (Å²) in [4.78, 5) is 9.12. The van der Waals surface area contributed by atoms with Crippen molar-refractivity contribution in [2.24, 2.45) is 5.92 Å². The van der Waals surface area contributed by atoms with Crippen molar-refractivity contribution in [2.45, 2.75) is 30.9 Å². The average molecular weight is 398 g/mol. The lowest BCUT2D eigenvalue weighted by molar-refractivity contribution is 0.486. The van der Waals surface area contributed by atoms with E-state index < -0.39 is 5.21 Å². The quantitative estimate of drug-likeness (QED) is 0.357. The third kappa shape index (κ3) is 2.98. The second-order valence-electron chi connectivity index (χ2n) is 8.68. The van der Waals surface area contributed by atoms with Gasteiger partial charge in [0.05, 0.1) is 26.8 Å². The third-order valence-electron chi connectivity index (χ3n) is 6.81. The molecule has 1 aliphatic carbocycles. The molecule has 2 aromatic carbocycles. The van der Waals surface area contributed by atoms with Crippen molar-refractivity contribution in [1.29, 1.82) is 0 Å². The Bertz CT molecular complexity index is 1430. The molecule has 146 valence electrons. The Balaban J connectivity index is 1.46. The molecule has 6 rings (SSSR count). The Morgan fingerprint density at radius 3 is 2.61 bits per heavy atom. The van der Waals surface area contributed by atoms with Crippen molar-refractivity contribution in [1.82, 2.24) is 9.97 Å². The van der Waals surface area contributed by atoms with Crippen molar-refractivity contribution < 1.29 is 4.42 Å². The zero-order valence-electron chi connectivity index (χ0n) is 17.2. The maximum Gasteiger partial charge on any atom is 0.227 e. The molecular weight excluding hydrogens is 378 g/mol. The Hall–Kier alpha value is -3.07. The van der Waals surface area contributed by atoms with Gasteiger partial charge in [0.1, 0.15) is 5.58 Å². The van der Waals surface area contributed by atoms with E-state index >= 15 is 0 Å². The standard InChI is InChI=1S/C26H20B2N2O/c27-26(28,18-6-2-3-7-18)19-11-12-29-22(14-19)16-9-10-21-23(13-16)31-25-24(21)20-8-4-1-5-17(20)15-30-25/h1,4-5,8-15,18H,2-3,6-7H2. The average Bonchev–Trinajstić information content (AvgIpc) is 3.47. The first kappa shape index (κ1) is 18.7. The zero-order chi connectivity index (χ0) is 21.0. The van der Waals surface area contributed by atoms with Gasteiger partial charge in [0.25, 0.3) is 0 Å². The van der Waals surface area contributed by atoms with E-state index in [-0.39, 0.29) is 0 Å². The molecule has 0 aliphatic heterocycles. The molecule has 0 spiro atoms. The highest BCUT2D eigenvalue weighted by Crippen LogP contribution is 2.39. The maximum absolute atomic E-state index is 6.61. The van der Waals surface area contributed by atoms with Gasteiger partial charge in [0.15, 0.2) is 0 Å². The predicted octanol–water partition coefficient (Wildman–Crippen LogP) is 5.88. The molecule has 5 aromatic rings. The van der Waals surface area contributed by atoms with Crippen LogP contribution in [0.4, 0.5) is 0 Å².